The van der Waals surface area contributed by atoms with Crippen molar-refractivity contribution in [3.63, 3.8) is 0 Å². The van der Waals surface area contributed by atoms with Gasteiger partial charge in [0.05, 0.1) is 0 Å². The summed E-state index contributed by atoms with van der Waals surface area (Å²) in [6.07, 6.45) is 0. The number of hydrogen-bond donors (Lipinski definition) is 1. The molecule has 0 aromatic rings. The Morgan fingerprint density at radius 3 is 2.00 bits per heavy atom. The van der Waals surface area contributed by atoms with E-state index >= 15 is 0 Å². The SMILES string of the molecule is CB1N(C)BNBN1C. The molecule has 0 aromatic heterocycles. The highest BCUT2D eigenvalue weighted by atomic mass is 15.2. The van der Waals surface area contributed by atoms with Gasteiger partial charge in [0.1, 0.15) is 0 Å². The lowest BCUT2D eigenvalue weighted by molar-refractivity contribution is 0.662. The summed E-state index contributed by atoms with van der Waals surface area (Å²) >= 11 is 0. The van der Waals surface area contributed by atoms with Gasteiger partial charge in [-0.2, -0.15) is 0 Å². The van der Waals surface area contributed by atoms with Gasteiger partial charge in [-0.3, -0.25) is 0 Å². The smallest absolute Gasteiger partial charge is 0.286 e. The lowest BCUT2D eigenvalue weighted by atomic mass is 9.62. The van der Waals surface area contributed by atoms with Gasteiger partial charge in [-0.15, -0.1) is 0 Å². The summed E-state index contributed by atoms with van der Waals surface area (Å²) in [6.45, 7) is 2.78. The van der Waals surface area contributed by atoms with Crippen molar-refractivity contribution in [2.24, 2.45) is 0 Å². The van der Waals surface area contributed by atoms with E-state index in [2.05, 4.69) is 35.5 Å². The van der Waals surface area contributed by atoms with Crippen LogP contribution in [0.4, 0.5) is 0 Å². The third-order valence-electron chi connectivity index (χ3n) is 2.00. The zero-order valence-electron chi connectivity index (χ0n) is 6.39. The fourth-order valence-corrected chi connectivity index (χ4v) is 1.00. The van der Waals surface area contributed by atoms with Crippen LogP contribution in [-0.2, 0) is 0 Å². The average molecular weight is 123 g/mol. The molecule has 1 rings (SSSR count). The van der Waals surface area contributed by atoms with Crippen molar-refractivity contribution in [2.75, 3.05) is 14.1 Å². The minimum Gasteiger partial charge on any atom is -0.377 e. The summed E-state index contributed by atoms with van der Waals surface area (Å²) in [7, 11) is 6.25. The normalized spacial score (nSPS) is 23.2. The summed E-state index contributed by atoms with van der Waals surface area (Å²) in [5.41, 5.74) is 0. The van der Waals surface area contributed by atoms with Crippen molar-refractivity contribution in [3.05, 3.63) is 0 Å². The third kappa shape index (κ3) is 1.50. The van der Waals surface area contributed by atoms with Gasteiger partial charge in [0.2, 0.25) is 0 Å². The quantitative estimate of drug-likeness (QED) is 0.379. The van der Waals surface area contributed by atoms with Gasteiger partial charge >= 0.3 is 0 Å². The van der Waals surface area contributed by atoms with Crippen LogP contribution in [0.5, 0.6) is 0 Å². The minimum atomic E-state index is 0.575. The van der Waals surface area contributed by atoms with Crippen molar-refractivity contribution in [3.8, 4) is 0 Å². The van der Waals surface area contributed by atoms with E-state index in [1.54, 1.807) is 0 Å². The van der Waals surface area contributed by atoms with Crippen LogP contribution < -0.4 is 5.14 Å². The van der Waals surface area contributed by atoms with E-state index in [4.69, 9.17) is 0 Å². The van der Waals surface area contributed by atoms with Crippen molar-refractivity contribution in [2.45, 2.75) is 6.82 Å². The molecule has 6 heteroatoms. The van der Waals surface area contributed by atoms with E-state index in [-0.39, 0.29) is 0 Å². The van der Waals surface area contributed by atoms with Gasteiger partial charge in [0, 0.05) is 0 Å². The number of hydrogen-bond acceptors (Lipinski definition) is 3. The zero-order chi connectivity index (χ0) is 6.85. The van der Waals surface area contributed by atoms with Crippen molar-refractivity contribution >= 4 is 22.1 Å². The second kappa shape index (κ2) is 2.77. The second-order valence-corrected chi connectivity index (χ2v) is 2.71. The molecule has 0 saturated carbocycles. The van der Waals surface area contributed by atoms with E-state index in [0.29, 0.717) is 6.98 Å². The predicted molar refractivity (Wildman–Crippen MR) is 44.6 cm³/mol. The molecule has 0 aliphatic carbocycles. The Hall–Kier alpha value is 0.0748. The maximum absolute atomic E-state index is 3.27. The van der Waals surface area contributed by atoms with Gasteiger partial charge in [0.15, 0.2) is 0 Å². The molecule has 0 atom stereocenters. The molecule has 0 aromatic carbocycles. The van der Waals surface area contributed by atoms with E-state index in [0.717, 1.165) is 15.1 Å². The highest BCUT2D eigenvalue weighted by Gasteiger charge is 2.24. The van der Waals surface area contributed by atoms with Crippen LogP contribution in [0.25, 0.3) is 0 Å². The van der Waals surface area contributed by atoms with Crippen LogP contribution in [0.3, 0.4) is 0 Å². The van der Waals surface area contributed by atoms with Crippen LogP contribution in [0.2, 0.25) is 6.82 Å². The highest BCUT2D eigenvalue weighted by molar-refractivity contribution is 6.73. The molecule has 48 valence electrons. The van der Waals surface area contributed by atoms with E-state index in [9.17, 15) is 0 Å². The minimum absolute atomic E-state index is 0.575. The molecular formula is C3H12B3N3. The van der Waals surface area contributed by atoms with E-state index in [1.807, 2.05) is 0 Å². The van der Waals surface area contributed by atoms with Crippen LogP contribution >= 0.6 is 0 Å². The molecule has 1 heterocycles. The Labute approximate surface area is 58.5 Å². The fourth-order valence-electron chi connectivity index (χ4n) is 1.00. The summed E-state index contributed by atoms with van der Waals surface area (Å²) in [4.78, 5) is 0. The molecule has 1 aliphatic heterocycles. The molecule has 1 aliphatic rings. The van der Waals surface area contributed by atoms with Gasteiger partial charge in [0.25, 0.3) is 22.1 Å². The van der Waals surface area contributed by atoms with E-state index < -0.39 is 0 Å². The Kier molecular flexibility index (Phi) is 2.21. The first-order valence-electron chi connectivity index (χ1n) is 3.33. The topological polar surface area (TPSA) is 18.5 Å². The first-order valence-corrected chi connectivity index (χ1v) is 3.33. The Morgan fingerprint density at radius 2 is 1.67 bits per heavy atom. The first-order chi connectivity index (χ1) is 4.22. The average Bonchev–Trinajstić information content (AvgIpc) is 1.83. The number of rotatable bonds is 0. The monoisotopic (exact) mass is 123 g/mol. The van der Waals surface area contributed by atoms with Gasteiger partial charge < -0.3 is 14.6 Å². The molecule has 0 bridgehead atoms. The predicted octanol–water partition coefficient (Wildman–Crippen LogP) is -1.90. The molecule has 9 heavy (non-hydrogen) atoms. The lowest BCUT2D eigenvalue weighted by Crippen LogP contribution is -2.62. The lowest BCUT2D eigenvalue weighted by Gasteiger charge is -2.34. The second-order valence-electron chi connectivity index (χ2n) is 2.71. The fraction of sp³-hybridized carbons (Fsp3) is 1.00. The van der Waals surface area contributed by atoms with Crippen LogP contribution in [0, 0.1) is 0 Å². The van der Waals surface area contributed by atoms with Crippen molar-refractivity contribution in [1.82, 2.24) is 14.6 Å². The summed E-state index contributed by atoms with van der Waals surface area (Å²) in [5, 5.41) is 3.27. The first kappa shape index (κ1) is 7.19. The number of nitrogens with zero attached hydrogens (tertiary/aromatic N) is 2. The zero-order valence-corrected chi connectivity index (χ0v) is 6.39. The third-order valence-corrected chi connectivity index (χ3v) is 2.00. The van der Waals surface area contributed by atoms with Gasteiger partial charge in [-0.25, -0.2) is 0 Å². The molecule has 1 saturated heterocycles. The molecule has 0 unspecified atom stereocenters. The van der Waals surface area contributed by atoms with Crippen LogP contribution in [0.1, 0.15) is 0 Å². The van der Waals surface area contributed by atoms with Crippen molar-refractivity contribution < 1.29 is 0 Å². The maximum atomic E-state index is 3.27. The highest BCUT2D eigenvalue weighted by Crippen LogP contribution is 1.94. The Balaban J connectivity index is 2.41. The van der Waals surface area contributed by atoms with Crippen LogP contribution in [-0.4, -0.2) is 45.6 Å². The van der Waals surface area contributed by atoms with Crippen LogP contribution in [0.15, 0.2) is 0 Å². The molecule has 0 amide bonds. The van der Waals surface area contributed by atoms with Crippen molar-refractivity contribution in [1.29, 1.82) is 0 Å². The molecular weight excluding hydrogens is 110 g/mol. The van der Waals surface area contributed by atoms with E-state index in [1.165, 1.54) is 0 Å². The van der Waals surface area contributed by atoms with Gasteiger partial charge in [-0.1, -0.05) is 6.82 Å². The largest absolute Gasteiger partial charge is 0.377 e. The Bertz CT molecular complexity index is 90.3. The molecule has 1 fully saturated rings. The standard InChI is InChI=1S/C3H12B3N3/c1-6-8(2)4-7-5-9(6)3/h4-5,7H,1-3H3. The maximum Gasteiger partial charge on any atom is 0.286 e. The summed E-state index contributed by atoms with van der Waals surface area (Å²) in [6, 6.07) is 0. The molecule has 0 radical (unpaired) electrons. The molecule has 3 nitrogen and oxygen atoms in total. The van der Waals surface area contributed by atoms with Gasteiger partial charge in [-0.05, 0) is 14.1 Å². The molecule has 0 spiro atoms. The number of nitrogens with one attached hydrogen (secondary N) is 1. The Morgan fingerprint density at radius 1 is 1.22 bits per heavy atom. The molecule has 1 N–H and O–H groups in total. The summed E-state index contributed by atoms with van der Waals surface area (Å²) in [5.74, 6) is 0. The summed E-state index contributed by atoms with van der Waals surface area (Å²) < 4.78 is 4.53.